The molecule has 4 aromatic rings. The maximum Gasteiger partial charge on any atom is 0.707 e. The first-order valence-electron chi connectivity index (χ1n) is 9.80. The molecular formula is C24H17BF5O3P. The fraction of sp³-hybridized carbons (Fsp3) is 0. The van der Waals surface area contributed by atoms with E-state index in [0.29, 0.717) is 0 Å². The van der Waals surface area contributed by atoms with E-state index in [1.54, 1.807) is 0 Å². The molecule has 174 valence electrons. The van der Waals surface area contributed by atoms with Crippen molar-refractivity contribution in [2.75, 3.05) is 0 Å². The predicted octanol–water partition coefficient (Wildman–Crippen LogP) is 4.18. The van der Waals surface area contributed by atoms with Crippen LogP contribution in [0.5, 0.6) is 5.75 Å². The molecule has 0 aliphatic heterocycles. The first kappa shape index (κ1) is 25.4. The summed E-state index contributed by atoms with van der Waals surface area (Å²) in [5.74, 6) is -13.1. The van der Waals surface area contributed by atoms with Crippen molar-refractivity contribution in [3.05, 3.63) is 120 Å². The minimum absolute atomic E-state index is 0.446. The molecule has 4 rings (SSSR count). The van der Waals surface area contributed by atoms with Crippen LogP contribution in [-0.4, -0.2) is 17.4 Å². The minimum Gasteiger partial charge on any atom is -0.507 e. The smallest absolute Gasteiger partial charge is 0.507 e. The molecule has 4 aromatic carbocycles. The fourth-order valence-electron chi connectivity index (χ4n) is 2.97. The Hall–Kier alpha value is -3.26. The van der Waals surface area contributed by atoms with Crippen molar-refractivity contribution < 1.29 is 36.7 Å². The topological polar surface area (TPSA) is 49.7 Å². The predicted molar refractivity (Wildman–Crippen MR) is 122 cm³/mol. The molecule has 10 heteroatoms. The highest BCUT2D eigenvalue weighted by atomic mass is 31.1. The molecule has 0 saturated carbocycles. The lowest BCUT2D eigenvalue weighted by molar-refractivity contribution is 0.263. The zero-order valence-electron chi connectivity index (χ0n) is 17.4. The van der Waals surface area contributed by atoms with Crippen molar-refractivity contribution >= 4 is 31.2 Å². The van der Waals surface area contributed by atoms with E-state index in [2.05, 4.69) is 95.6 Å². The van der Waals surface area contributed by atoms with Crippen LogP contribution in [0.15, 0.2) is 91.0 Å². The van der Waals surface area contributed by atoms with Crippen LogP contribution in [0.2, 0.25) is 0 Å². The van der Waals surface area contributed by atoms with Gasteiger partial charge in [-0.15, -0.1) is 0 Å². The monoisotopic (exact) mass is 490 g/mol. The summed E-state index contributed by atoms with van der Waals surface area (Å²) in [5, 5.41) is 20.5. The van der Waals surface area contributed by atoms with Crippen molar-refractivity contribution in [1.82, 2.24) is 0 Å². The van der Waals surface area contributed by atoms with Gasteiger partial charge in [-0.1, -0.05) is 91.0 Å². The van der Waals surface area contributed by atoms with Gasteiger partial charge in [0.15, 0.2) is 5.75 Å². The zero-order chi connectivity index (χ0) is 24.7. The molecule has 0 aliphatic carbocycles. The van der Waals surface area contributed by atoms with Crippen molar-refractivity contribution in [1.29, 1.82) is 0 Å². The molecule has 0 unspecified atom stereocenters. The van der Waals surface area contributed by atoms with Crippen molar-refractivity contribution in [2.45, 2.75) is 0 Å². The molecule has 2 N–H and O–H groups in total. The first-order valence-corrected chi connectivity index (χ1v) is 11.1. The summed E-state index contributed by atoms with van der Waals surface area (Å²) in [7, 11) is -3.14. The standard InChI is InChI=1S/C18H15P.C6H2BF5O3/c1-4-10-16(11-5-1)19(17-12-6-2-7-13-17)18-14-8-3-9-15-18;8-1-2(9)4(11)6(15-7(13)14)5(12)3(1)10/h1-15H;13-14H. The van der Waals surface area contributed by atoms with Gasteiger partial charge in [0.1, 0.15) is 0 Å². The quantitative estimate of drug-likeness (QED) is 0.145. The lowest BCUT2D eigenvalue weighted by Crippen LogP contribution is -2.23. The summed E-state index contributed by atoms with van der Waals surface area (Å²) in [4.78, 5) is 0. The molecule has 0 atom stereocenters. The van der Waals surface area contributed by atoms with Gasteiger partial charge in [0.2, 0.25) is 29.1 Å². The van der Waals surface area contributed by atoms with E-state index in [0.717, 1.165) is 0 Å². The number of halogens is 5. The molecule has 0 saturated heterocycles. The maximum absolute atomic E-state index is 12.7. The Morgan fingerprint density at radius 3 is 1.09 bits per heavy atom. The highest BCUT2D eigenvalue weighted by molar-refractivity contribution is 7.79. The summed E-state index contributed by atoms with van der Waals surface area (Å²) in [6, 6.07) is 32.3. The van der Waals surface area contributed by atoms with E-state index < -0.39 is 50.1 Å². The average molecular weight is 490 g/mol. The van der Waals surface area contributed by atoms with E-state index in [1.165, 1.54) is 15.9 Å². The van der Waals surface area contributed by atoms with Crippen LogP contribution in [0.1, 0.15) is 0 Å². The third kappa shape index (κ3) is 6.00. The van der Waals surface area contributed by atoms with Gasteiger partial charge in [-0.3, -0.25) is 0 Å². The Bertz CT molecular complexity index is 1090. The van der Waals surface area contributed by atoms with Crippen LogP contribution in [0.3, 0.4) is 0 Å². The highest BCUT2D eigenvalue weighted by Gasteiger charge is 2.29. The van der Waals surface area contributed by atoms with Gasteiger partial charge in [0.25, 0.3) is 0 Å². The third-order valence-corrected chi connectivity index (χ3v) is 6.88. The average Bonchev–Trinajstić information content (AvgIpc) is 2.87. The Labute approximate surface area is 194 Å². The third-order valence-electron chi connectivity index (χ3n) is 4.44. The summed E-state index contributed by atoms with van der Waals surface area (Å²) in [6.07, 6.45) is 0. The van der Waals surface area contributed by atoms with Crippen molar-refractivity contribution in [3.8, 4) is 5.75 Å². The van der Waals surface area contributed by atoms with Crippen molar-refractivity contribution in [3.63, 3.8) is 0 Å². The van der Waals surface area contributed by atoms with Gasteiger partial charge < -0.3 is 14.7 Å². The first-order chi connectivity index (χ1) is 16.3. The molecule has 0 bridgehead atoms. The number of benzene rings is 4. The lowest BCUT2D eigenvalue weighted by atomic mass is 10.2. The van der Waals surface area contributed by atoms with Crippen LogP contribution < -0.4 is 20.6 Å². The molecule has 0 heterocycles. The molecule has 0 fully saturated rings. The molecule has 3 nitrogen and oxygen atoms in total. The lowest BCUT2D eigenvalue weighted by Gasteiger charge is -2.18. The summed E-state index contributed by atoms with van der Waals surface area (Å²) >= 11 is 0. The molecule has 0 radical (unpaired) electrons. The van der Waals surface area contributed by atoms with E-state index in [4.69, 9.17) is 10.0 Å². The SMILES string of the molecule is OB(O)Oc1c(F)c(F)c(F)c(F)c1F.c1ccc(P(c2ccccc2)c2ccccc2)cc1. The molecule has 0 aliphatic rings. The fourth-order valence-corrected chi connectivity index (χ4v) is 5.28. The van der Waals surface area contributed by atoms with Crippen LogP contribution in [0.25, 0.3) is 0 Å². The van der Waals surface area contributed by atoms with Gasteiger partial charge in [-0.25, -0.2) is 13.2 Å². The van der Waals surface area contributed by atoms with Crippen LogP contribution in [0, 0.1) is 29.1 Å². The summed E-state index contributed by atoms with van der Waals surface area (Å²) in [5.41, 5.74) is 0. The molecular weight excluding hydrogens is 473 g/mol. The minimum atomic E-state index is -2.70. The molecule has 0 aromatic heterocycles. The second kappa shape index (κ2) is 11.7. The number of rotatable bonds is 5. The summed E-state index contributed by atoms with van der Waals surface area (Å²) < 4.78 is 66.3. The second-order valence-corrected chi connectivity index (χ2v) is 8.91. The van der Waals surface area contributed by atoms with Crippen LogP contribution in [0.4, 0.5) is 22.0 Å². The van der Waals surface area contributed by atoms with Gasteiger partial charge >= 0.3 is 7.32 Å². The maximum atomic E-state index is 12.7. The van der Waals surface area contributed by atoms with Crippen LogP contribution in [-0.2, 0) is 0 Å². The van der Waals surface area contributed by atoms with E-state index in [-0.39, 0.29) is 0 Å². The Kier molecular flexibility index (Phi) is 8.76. The van der Waals surface area contributed by atoms with E-state index in [9.17, 15) is 22.0 Å². The van der Waals surface area contributed by atoms with Crippen molar-refractivity contribution in [2.24, 2.45) is 0 Å². The zero-order valence-corrected chi connectivity index (χ0v) is 18.3. The Balaban J connectivity index is 0.000000197. The summed E-state index contributed by atoms with van der Waals surface area (Å²) in [6.45, 7) is 0. The largest absolute Gasteiger partial charge is 0.707 e. The Morgan fingerprint density at radius 1 is 0.500 bits per heavy atom. The molecule has 34 heavy (non-hydrogen) atoms. The number of hydrogen-bond donors (Lipinski definition) is 2. The van der Waals surface area contributed by atoms with Gasteiger partial charge in [0, 0.05) is 0 Å². The van der Waals surface area contributed by atoms with Crippen LogP contribution >= 0.6 is 7.92 Å². The van der Waals surface area contributed by atoms with Gasteiger partial charge in [0.05, 0.1) is 0 Å². The number of hydrogen-bond acceptors (Lipinski definition) is 3. The Morgan fingerprint density at radius 2 is 0.794 bits per heavy atom. The molecule has 0 spiro atoms. The second-order valence-electron chi connectivity index (χ2n) is 6.69. The van der Waals surface area contributed by atoms with Gasteiger partial charge in [-0.05, 0) is 23.8 Å². The van der Waals surface area contributed by atoms with E-state index >= 15 is 0 Å². The normalized spacial score (nSPS) is 10.5. The van der Waals surface area contributed by atoms with Gasteiger partial charge in [-0.2, -0.15) is 8.78 Å². The van der Waals surface area contributed by atoms with E-state index in [1.807, 2.05) is 0 Å². The highest BCUT2D eigenvalue weighted by Crippen LogP contribution is 2.32. The molecule has 0 amide bonds.